The van der Waals surface area contributed by atoms with Crippen LogP contribution in [-0.2, 0) is 4.74 Å². The first-order chi connectivity index (χ1) is 10.3. The van der Waals surface area contributed by atoms with E-state index in [1.807, 2.05) is 24.3 Å². The van der Waals surface area contributed by atoms with Crippen LogP contribution in [0.2, 0.25) is 0 Å². The van der Waals surface area contributed by atoms with Crippen LogP contribution >= 0.6 is 15.9 Å². The molecule has 0 saturated heterocycles. The highest BCUT2D eigenvalue weighted by Gasteiger charge is 2.05. The van der Waals surface area contributed by atoms with Gasteiger partial charge in [0, 0.05) is 35.8 Å². The van der Waals surface area contributed by atoms with Gasteiger partial charge in [-0.15, -0.1) is 0 Å². The van der Waals surface area contributed by atoms with Crippen molar-refractivity contribution in [2.75, 3.05) is 25.6 Å². The molecular weight excluding hydrogens is 332 g/mol. The number of aliphatic imine (C=N–C) groups is 1. The zero-order chi connectivity index (χ0) is 15.1. The first kappa shape index (κ1) is 15.8. The third-order valence-corrected chi connectivity index (χ3v) is 3.73. The number of guanidine groups is 1. The molecule has 0 radical (unpaired) electrons. The minimum absolute atomic E-state index is 0.540. The summed E-state index contributed by atoms with van der Waals surface area (Å²) in [6.45, 7) is 1.33. The molecule has 2 rings (SSSR count). The molecule has 4 N–H and O–H groups in total. The Labute approximate surface area is 132 Å². The third-order valence-electron chi connectivity index (χ3n) is 3.04. The number of nitrogens with one attached hydrogen (secondary N) is 2. The lowest BCUT2D eigenvalue weighted by Gasteiger charge is -2.12. The summed E-state index contributed by atoms with van der Waals surface area (Å²) in [5, 5.41) is 5.47. The molecular formula is C15H19BrN4O. The van der Waals surface area contributed by atoms with Gasteiger partial charge in [-0.3, -0.25) is 10.4 Å². The molecule has 112 valence electrons. The number of nitrogens with two attached hydrogens (primary N) is 1. The average molecular weight is 351 g/mol. The Morgan fingerprint density at radius 3 is 2.71 bits per heavy atom. The molecule has 5 nitrogen and oxygen atoms in total. The molecule has 0 amide bonds. The number of anilines is 1. The van der Waals surface area contributed by atoms with E-state index in [9.17, 15) is 0 Å². The number of rotatable bonds is 5. The SMILES string of the molecule is COCCCN=C(NN)Nc1ccc(Br)c2ccccc12. The van der Waals surface area contributed by atoms with Crippen LogP contribution in [0.4, 0.5) is 5.69 Å². The number of nitrogens with zero attached hydrogens (tertiary/aromatic N) is 1. The molecule has 0 aliphatic rings. The number of halogens is 1. The molecule has 6 heteroatoms. The van der Waals surface area contributed by atoms with Gasteiger partial charge in [0.1, 0.15) is 0 Å². The summed E-state index contributed by atoms with van der Waals surface area (Å²) in [4.78, 5) is 4.38. The Kier molecular flexibility index (Phi) is 5.98. The fraction of sp³-hybridized carbons (Fsp3) is 0.267. The van der Waals surface area contributed by atoms with Crippen LogP contribution in [0, 0.1) is 0 Å². The second-order valence-electron chi connectivity index (χ2n) is 4.49. The summed E-state index contributed by atoms with van der Waals surface area (Å²) >= 11 is 3.56. The maximum Gasteiger partial charge on any atom is 0.210 e. The lowest BCUT2D eigenvalue weighted by molar-refractivity contribution is 0.197. The molecule has 0 heterocycles. The average Bonchev–Trinajstić information content (AvgIpc) is 2.53. The molecule has 0 spiro atoms. The van der Waals surface area contributed by atoms with Crippen molar-refractivity contribution in [2.45, 2.75) is 6.42 Å². The molecule has 0 aliphatic heterocycles. The van der Waals surface area contributed by atoms with E-state index in [2.05, 4.69) is 43.8 Å². The van der Waals surface area contributed by atoms with Gasteiger partial charge in [0.05, 0.1) is 0 Å². The first-order valence-electron chi connectivity index (χ1n) is 6.70. The Bertz CT molecular complexity index is 630. The number of hydrogen-bond donors (Lipinski definition) is 3. The predicted octanol–water partition coefficient (Wildman–Crippen LogP) is 2.87. The molecule has 0 atom stereocenters. The number of methoxy groups -OCH3 is 1. The van der Waals surface area contributed by atoms with Crippen molar-refractivity contribution >= 4 is 38.3 Å². The molecule has 0 bridgehead atoms. The summed E-state index contributed by atoms with van der Waals surface area (Å²) in [5.74, 6) is 6.07. The van der Waals surface area contributed by atoms with Crippen molar-refractivity contribution in [2.24, 2.45) is 10.8 Å². The minimum Gasteiger partial charge on any atom is -0.385 e. The standard InChI is InChI=1S/C15H19BrN4O/c1-21-10-4-9-18-15(20-17)19-14-8-7-13(16)11-5-2-3-6-12(11)14/h2-3,5-8H,4,9-10,17H2,1H3,(H2,18,19,20). The third kappa shape index (κ3) is 4.17. The molecule has 0 aliphatic carbocycles. The van der Waals surface area contributed by atoms with Crippen molar-refractivity contribution in [1.29, 1.82) is 0 Å². The van der Waals surface area contributed by atoms with E-state index in [-0.39, 0.29) is 0 Å². The topological polar surface area (TPSA) is 71.7 Å². The maximum absolute atomic E-state index is 5.53. The summed E-state index contributed by atoms with van der Waals surface area (Å²) in [7, 11) is 1.68. The highest BCUT2D eigenvalue weighted by atomic mass is 79.9. The van der Waals surface area contributed by atoms with Gasteiger partial charge in [-0.05, 0) is 23.9 Å². The number of hydrazine groups is 1. The zero-order valence-corrected chi connectivity index (χ0v) is 13.5. The predicted molar refractivity (Wildman–Crippen MR) is 91.4 cm³/mol. The Morgan fingerprint density at radius 2 is 2.00 bits per heavy atom. The molecule has 0 fully saturated rings. The quantitative estimate of drug-likeness (QED) is 0.255. The van der Waals surface area contributed by atoms with E-state index < -0.39 is 0 Å². The maximum atomic E-state index is 5.53. The highest BCUT2D eigenvalue weighted by molar-refractivity contribution is 9.10. The second-order valence-corrected chi connectivity index (χ2v) is 5.34. The molecule has 0 aromatic heterocycles. The van der Waals surface area contributed by atoms with Gasteiger partial charge in [-0.1, -0.05) is 40.2 Å². The van der Waals surface area contributed by atoms with Crippen LogP contribution in [0.15, 0.2) is 45.9 Å². The highest BCUT2D eigenvalue weighted by Crippen LogP contribution is 2.29. The van der Waals surface area contributed by atoms with E-state index >= 15 is 0 Å². The molecule has 0 saturated carbocycles. The lowest BCUT2D eigenvalue weighted by atomic mass is 10.1. The summed E-state index contributed by atoms with van der Waals surface area (Å²) in [5.41, 5.74) is 3.55. The van der Waals surface area contributed by atoms with Crippen LogP contribution < -0.4 is 16.6 Å². The van der Waals surface area contributed by atoms with Gasteiger partial charge < -0.3 is 10.1 Å². The van der Waals surface area contributed by atoms with Gasteiger partial charge in [-0.2, -0.15) is 0 Å². The normalized spacial score (nSPS) is 11.7. The van der Waals surface area contributed by atoms with E-state index in [1.54, 1.807) is 7.11 Å². The van der Waals surface area contributed by atoms with E-state index in [0.29, 0.717) is 19.1 Å². The van der Waals surface area contributed by atoms with E-state index in [0.717, 1.165) is 27.4 Å². The molecule has 0 unspecified atom stereocenters. The first-order valence-corrected chi connectivity index (χ1v) is 7.50. The fourth-order valence-electron chi connectivity index (χ4n) is 2.02. The number of fused-ring (bicyclic) bond motifs is 1. The van der Waals surface area contributed by atoms with Gasteiger partial charge >= 0.3 is 0 Å². The minimum atomic E-state index is 0.540. The van der Waals surface area contributed by atoms with E-state index in [1.165, 1.54) is 0 Å². The van der Waals surface area contributed by atoms with Crippen LogP contribution in [0.3, 0.4) is 0 Å². The van der Waals surface area contributed by atoms with Gasteiger partial charge in [0.15, 0.2) is 0 Å². The van der Waals surface area contributed by atoms with Crippen molar-refractivity contribution < 1.29 is 4.74 Å². The second kappa shape index (κ2) is 7.97. The summed E-state index contributed by atoms with van der Waals surface area (Å²) in [6, 6.07) is 12.1. The molecule has 2 aromatic carbocycles. The number of hydrogen-bond acceptors (Lipinski definition) is 3. The van der Waals surface area contributed by atoms with Gasteiger partial charge in [-0.25, -0.2) is 5.84 Å². The monoisotopic (exact) mass is 350 g/mol. The summed E-state index contributed by atoms with van der Waals surface area (Å²) in [6.07, 6.45) is 0.852. The Balaban J connectivity index is 2.20. The lowest BCUT2D eigenvalue weighted by Crippen LogP contribution is -2.36. The van der Waals surface area contributed by atoms with Crippen LogP contribution in [0.25, 0.3) is 10.8 Å². The largest absolute Gasteiger partial charge is 0.385 e. The van der Waals surface area contributed by atoms with Crippen LogP contribution in [0.1, 0.15) is 6.42 Å². The van der Waals surface area contributed by atoms with Crippen molar-refractivity contribution in [3.8, 4) is 0 Å². The Morgan fingerprint density at radius 1 is 1.24 bits per heavy atom. The fourth-order valence-corrected chi connectivity index (χ4v) is 2.50. The molecule has 2 aromatic rings. The van der Waals surface area contributed by atoms with Crippen molar-refractivity contribution in [3.05, 3.63) is 40.9 Å². The van der Waals surface area contributed by atoms with Crippen molar-refractivity contribution in [1.82, 2.24) is 5.43 Å². The number of ether oxygens (including phenoxy) is 1. The van der Waals surface area contributed by atoms with Gasteiger partial charge in [0.2, 0.25) is 5.96 Å². The number of benzene rings is 2. The Hall–Kier alpha value is -1.63. The van der Waals surface area contributed by atoms with Gasteiger partial charge in [0.25, 0.3) is 0 Å². The van der Waals surface area contributed by atoms with E-state index in [4.69, 9.17) is 10.6 Å². The summed E-state index contributed by atoms with van der Waals surface area (Å²) < 4.78 is 6.06. The van der Waals surface area contributed by atoms with Crippen LogP contribution in [-0.4, -0.2) is 26.2 Å². The smallest absolute Gasteiger partial charge is 0.210 e. The molecule has 21 heavy (non-hydrogen) atoms. The van der Waals surface area contributed by atoms with Crippen molar-refractivity contribution in [3.63, 3.8) is 0 Å². The zero-order valence-electron chi connectivity index (χ0n) is 11.9. The van der Waals surface area contributed by atoms with Crippen LogP contribution in [0.5, 0.6) is 0 Å².